The van der Waals surface area contributed by atoms with Crippen molar-refractivity contribution >= 4 is 0 Å². The Labute approximate surface area is 232 Å². The molecule has 0 saturated heterocycles. The van der Waals surface area contributed by atoms with Crippen LogP contribution in [0.2, 0.25) is 0 Å². The van der Waals surface area contributed by atoms with Crippen LogP contribution in [0.5, 0.6) is 0 Å². The lowest BCUT2D eigenvalue weighted by Gasteiger charge is -2.12. The van der Waals surface area contributed by atoms with Crippen molar-refractivity contribution in [2.45, 2.75) is 96.7 Å². The van der Waals surface area contributed by atoms with Gasteiger partial charge in [0.05, 0.1) is 85.9 Å². The van der Waals surface area contributed by atoms with Crippen LogP contribution in [0.1, 0.15) is 90.4 Å². The molecule has 0 radical (unpaired) electrons. The molecule has 0 saturated carbocycles. The topological polar surface area (TPSA) is 105 Å². The lowest BCUT2D eigenvalue weighted by Crippen LogP contribution is -2.21. The van der Waals surface area contributed by atoms with Crippen molar-refractivity contribution in [1.29, 1.82) is 0 Å². The third-order valence-electron chi connectivity index (χ3n) is 5.91. The van der Waals surface area contributed by atoms with E-state index in [0.717, 1.165) is 12.8 Å². The molecule has 2 N–H and O–H groups in total. The van der Waals surface area contributed by atoms with Crippen LogP contribution >= 0.6 is 0 Å². The Hall–Kier alpha value is -0.360. The highest BCUT2D eigenvalue weighted by Gasteiger charge is 2.04. The zero-order valence-electron chi connectivity index (χ0n) is 24.4. The van der Waals surface area contributed by atoms with Gasteiger partial charge < -0.3 is 43.4 Å². The highest BCUT2D eigenvalue weighted by molar-refractivity contribution is 4.49. The maximum absolute atomic E-state index is 9.83. The van der Waals surface area contributed by atoms with Crippen molar-refractivity contribution in [3.63, 3.8) is 0 Å². The van der Waals surface area contributed by atoms with Gasteiger partial charge in [-0.15, -0.1) is 0 Å². The minimum absolute atomic E-state index is 0.0289. The largest absolute Gasteiger partial charge is 0.394 e. The van der Waals surface area contributed by atoms with Gasteiger partial charge in [0.1, 0.15) is 0 Å². The second-order valence-electron chi connectivity index (χ2n) is 9.43. The second kappa shape index (κ2) is 34.7. The zero-order chi connectivity index (χ0) is 27.6. The first-order valence-electron chi connectivity index (χ1n) is 15.2. The van der Waals surface area contributed by atoms with Crippen LogP contribution in [0.3, 0.4) is 0 Å². The van der Waals surface area contributed by atoms with Gasteiger partial charge in [-0.1, -0.05) is 84.0 Å². The molecule has 0 aromatic carbocycles. The summed E-state index contributed by atoms with van der Waals surface area (Å²) in [5, 5.41) is 18.4. The van der Waals surface area contributed by atoms with Crippen molar-refractivity contribution in [3.8, 4) is 0 Å². The van der Waals surface area contributed by atoms with E-state index in [1.54, 1.807) is 0 Å². The van der Waals surface area contributed by atoms with E-state index in [2.05, 4.69) is 6.92 Å². The van der Waals surface area contributed by atoms with Crippen LogP contribution in [-0.2, 0) is 33.2 Å². The van der Waals surface area contributed by atoms with Crippen molar-refractivity contribution < 1.29 is 43.4 Å². The summed E-state index contributed by atoms with van der Waals surface area (Å²) in [5.74, 6) is 0. The van der Waals surface area contributed by atoms with E-state index in [1.165, 1.54) is 70.6 Å². The molecule has 9 heteroatoms. The fourth-order valence-corrected chi connectivity index (χ4v) is 3.74. The van der Waals surface area contributed by atoms with Gasteiger partial charge in [0.25, 0.3) is 0 Å². The van der Waals surface area contributed by atoms with Crippen molar-refractivity contribution in [3.05, 3.63) is 0 Å². The minimum atomic E-state index is -0.874. The molecule has 1 unspecified atom stereocenters. The summed E-state index contributed by atoms with van der Waals surface area (Å²) < 4.78 is 37.5. The van der Waals surface area contributed by atoms with Crippen LogP contribution in [0.4, 0.5) is 0 Å². The molecule has 0 heterocycles. The number of aliphatic hydroxyl groups excluding tert-OH is 2. The number of aliphatic hydroxyl groups is 2. The molecule has 0 aromatic rings. The Bertz CT molecular complexity index is 416. The van der Waals surface area contributed by atoms with Crippen molar-refractivity contribution in [2.75, 3.05) is 92.5 Å². The first kappa shape index (κ1) is 37.6. The number of rotatable bonds is 34. The molecule has 1 atom stereocenters. The maximum atomic E-state index is 9.83. The highest BCUT2D eigenvalue weighted by atomic mass is 16.6. The predicted molar refractivity (Wildman–Crippen MR) is 150 cm³/mol. The molecular formula is C29H60O9. The summed E-state index contributed by atoms with van der Waals surface area (Å²) in [5.41, 5.74) is 0. The van der Waals surface area contributed by atoms with Crippen LogP contribution in [-0.4, -0.2) is 109 Å². The fraction of sp³-hybridized carbons (Fsp3) is 1.00. The SMILES string of the molecule is CCCCCCCCCCCCCCCOC(O)COCCOCCOCCOCCOCCOCCO. The van der Waals surface area contributed by atoms with E-state index < -0.39 is 6.29 Å². The van der Waals surface area contributed by atoms with Gasteiger partial charge in [-0.25, -0.2) is 0 Å². The van der Waals surface area contributed by atoms with E-state index in [9.17, 15) is 5.11 Å². The Kier molecular flexibility index (Phi) is 34.3. The first-order chi connectivity index (χ1) is 18.8. The maximum Gasteiger partial charge on any atom is 0.178 e. The summed E-state index contributed by atoms with van der Waals surface area (Å²) >= 11 is 0. The summed E-state index contributed by atoms with van der Waals surface area (Å²) in [7, 11) is 0. The van der Waals surface area contributed by atoms with Crippen LogP contribution in [0.25, 0.3) is 0 Å². The van der Waals surface area contributed by atoms with Crippen molar-refractivity contribution in [1.82, 2.24) is 0 Å². The molecule has 230 valence electrons. The lowest BCUT2D eigenvalue weighted by atomic mass is 10.0. The Morgan fingerprint density at radius 2 is 0.763 bits per heavy atom. The predicted octanol–water partition coefficient (Wildman–Crippen LogP) is 4.50. The number of unbranched alkanes of at least 4 members (excludes halogenated alkanes) is 12. The van der Waals surface area contributed by atoms with Gasteiger partial charge in [0.2, 0.25) is 0 Å². The van der Waals surface area contributed by atoms with Gasteiger partial charge in [0.15, 0.2) is 6.29 Å². The summed E-state index contributed by atoms with van der Waals surface area (Å²) in [6, 6.07) is 0. The van der Waals surface area contributed by atoms with Gasteiger partial charge in [-0.3, -0.25) is 0 Å². The smallest absolute Gasteiger partial charge is 0.178 e. The van der Waals surface area contributed by atoms with Gasteiger partial charge >= 0.3 is 0 Å². The van der Waals surface area contributed by atoms with E-state index in [1.807, 2.05) is 0 Å². The number of ether oxygens (including phenoxy) is 7. The summed E-state index contributed by atoms with van der Waals surface area (Å²) in [6.07, 6.45) is 16.3. The van der Waals surface area contributed by atoms with Crippen LogP contribution in [0.15, 0.2) is 0 Å². The minimum Gasteiger partial charge on any atom is -0.394 e. The second-order valence-corrected chi connectivity index (χ2v) is 9.43. The van der Waals surface area contributed by atoms with Crippen LogP contribution in [0, 0.1) is 0 Å². The molecular weight excluding hydrogens is 492 g/mol. The average Bonchev–Trinajstić information content (AvgIpc) is 2.92. The molecule has 0 aliphatic carbocycles. The molecule has 0 spiro atoms. The molecule has 0 aliphatic heterocycles. The summed E-state index contributed by atoms with van der Waals surface area (Å²) in [4.78, 5) is 0. The standard InChI is InChI=1S/C29H60O9/c1-2-3-4-5-6-7-8-9-10-11-12-13-14-16-38-29(31)28-37-27-26-36-25-24-35-23-22-34-21-20-33-19-18-32-17-15-30/h29-31H,2-28H2,1H3. The molecule has 0 rings (SSSR count). The van der Waals surface area contributed by atoms with E-state index in [0.29, 0.717) is 79.3 Å². The third kappa shape index (κ3) is 33.7. The van der Waals surface area contributed by atoms with Crippen LogP contribution < -0.4 is 0 Å². The molecule has 0 aromatic heterocycles. The Balaban J connectivity index is 3.13. The molecule has 9 nitrogen and oxygen atoms in total. The monoisotopic (exact) mass is 552 g/mol. The normalized spacial score (nSPS) is 12.4. The van der Waals surface area contributed by atoms with Crippen molar-refractivity contribution in [2.24, 2.45) is 0 Å². The van der Waals surface area contributed by atoms with Gasteiger partial charge in [-0.2, -0.15) is 0 Å². The first-order valence-corrected chi connectivity index (χ1v) is 15.2. The molecule has 38 heavy (non-hydrogen) atoms. The Morgan fingerprint density at radius 1 is 0.421 bits per heavy atom. The molecule has 0 fully saturated rings. The van der Waals surface area contributed by atoms with Gasteiger partial charge in [0, 0.05) is 6.61 Å². The van der Waals surface area contributed by atoms with E-state index in [4.69, 9.17) is 38.3 Å². The fourth-order valence-electron chi connectivity index (χ4n) is 3.74. The third-order valence-corrected chi connectivity index (χ3v) is 5.91. The van der Waals surface area contributed by atoms with Gasteiger partial charge in [-0.05, 0) is 6.42 Å². The highest BCUT2D eigenvalue weighted by Crippen LogP contribution is 2.12. The molecule has 0 aliphatic rings. The molecule has 0 bridgehead atoms. The van der Waals surface area contributed by atoms with E-state index in [-0.39, 0.29) is 13.2 Å². The Morgan fingerprint density at radius 3 is 1.16 bits per heavy atom. The molecule has 0 amide bonds. The lowest BCUT2D eigenvalue weighted by molar-refractivity contribution is -0.141. The van der Waals surface area contributed by atoms with E-state index >= 15 is 0 Å². The zero-order valence-corrected chi connectivity index (χ0v) is 24.4. The number of hydrogen-bond donors (Lipinski definition) is 2. The quantitative estimate of drug-likeness (QED) is 0.0881. The summed E-state index contributed by atoms with van der Waals surface area (Å²) in [6.45, 7) is 8.19. The number of hydrogen-bond acceptors (Lipinski definition) is 9. The average molecular weight is 553 g/mol.